The highest BCUT2D eigenvalue weighted by Crippen LogP contribution is 2.28. The molecule has 0 amide bonds. The fourth-order valence-corrected chi connectivity index (χ4v) is 1.43. The van der Waals surface area contributed by atoms with Gasteiger partial charge in [0, 0.05) is 0 Å². The minimum Gasteiger partial charge on any atom is -0.394 e. The molecule has 0 bridgehead atoms. The Bertz CT molecular complexity index is 281. The van der Waals surface area contributed by atoms with Crippen LogP contribution in [0, 0.1) is 0 Å². The highest BCUT2D eigenvalue weighted by Gasteiger charge is 2.53. The number of hydrogen-bond donors (Lipinski definition) is 5. The van der Waals surface area contributed by atoms with Gasteiger partial charge in [-0.05, 0) is 12.2 Å². The van der Waals surface area contributed by atoms with Crippen LogP contribution in [-0.4, -0.2) is 67.6 Å². The zero-order valence-electron chi connectivity index (χ0n) is 7.52. The monoisotopic (exact) mass is 237 g/mol. The number of hydrogen-bond acceptors (Lipinski definition) is 8. The Hall–Kier alpha value is -0.440. The van der Waals surface area contributed by atoms with Crippen LogP contribution in [0.1, 0.15) is 0 Å². The van der Waals surface area contributed by atoms with Gasteiger partial charge in [0.05, 0.1) is 11.8 Å². The van der Waals surface area contributed by atoms with Crippen LogP contribution >= 0.6 is 12.2 Å². The van der Waals surface area contributed by atoms with E-state index >= 15 is 0 Å². The molecule has 1 aliphatic heterocycles. The summed E-state index contributed by atoms with van der Waals surface area (Å²) in [6.45, 7) is -0.653. The summed E-state index contributed by atoms with van der Waals surface area (Å²) >= 11 is 4.23. The molecule has 5 atom stereocenters. The Morgan fingerprint density at radius 1 is 1.33 bits per heavy atom. The number of nitrogens with zero attached hydrogens (tertiary/aromatic N) is 1. The van der Waals surface area contributed by atoms with E-state index in [-0.39, 0.29) is 0 Å². The molecular formula is C7H11NO6S. The minimum atomic E-state index is -2.49. The Labute approximate surface area is 90.3 Å². The summed E-state index contributed by atoms with van der Waals surface area (Å²) in [5, 5.41) is 48.2. The van der Waals surface area contributed by atoms with Crippen LogP contribution in [-0.2, 0) is 4.74 Å². The molecule has 0 aromatic heterocycles. The molecule has 0 unspecified atom stereocenters. The van der Waals surface area contributed by atoms with Crippen LogP contribution in [0.5, 0.6) is 0 Å². The van der Waals surface area contributed by atoms with Crippen molar-refractivity contribution in [2.24, 2.45) is 4.99 Å². The van der Waals surface area contributed by atoms with Crippen LogP contribution in [0.15, 0.2) is 4.99 Å². The second kappa shape index (κ2) is 4.60. The van der Waals surface area contributed by atoms with Crippen molar-refractivity contribution in [3.8, 4) is 0 Å². The summed E-state index contributed by atoms with van der Waals surface area (Å²) in [4.78, 5) is 3.15. The zero-order valence-corrected chi connectivity index (χ0v) is 8.33. The average molecular weight is 237 g/mol. The topological polar surface area (TPSA) is 123 Å². The van der Waals surface area contributed by atoms with Gasteiger partial charge in [-0.15, -0.1) is 0 Å². The summed E-state index contributed by atoms with van der Waals surface area (Å²) in [7, 11) is 0. The number of aliphatic hydroxyl groups excluding tert-OH is 4. The van der Waals surface area contributed by atoms with Crippen LogP contribution in [0.2, 0.25) is 0 Å². The molecule has 1 fully saturated rings. The lowest BCUT2D eigenvalue weighted by atomic mass is 9.97. The summed E-state index contributed by atoms with van der Waals surface area (Å²) in [6, 6.07) is 0. The molecule has 5 N–H and O–H groups in total. The summed E-state index contributed by atoms with van der Waals surface area (Å²) in [6.07, 6.45) is -6.36. The zero-order chi connectivity index (χ0) is 11.6. The smallest absolute Gasteiger partial charge is 0.305 e. The van der Waals surface area contributed by atoms with Gasteiger partial charge in [0.1, 0.15) is 18.3 Å². The van der Waals surface area contributed by atoms with Gasteiger partial charge in [0.2, 0.25) is 0 Å². The van der Waals surface area contributed by atoms with Crippen LogP contribution in [0.4, 0.5) is 0 Å². The van der Waals surface area contributed by atoms with E-state index in [0.717, 1.165) is 0 Å². The van der Waals surface area contributed by atoms with Crippen LogP contribution in [0.3, 0.4) is 0 Å². The number of aliphatic imine (C=N–C) groups is 1. The lowest BCUT2D eigenvalue weighted by Gasteiger charge is -2.42. The third-order valence-electron chi connectivity index (χ3n) is 2.15. The molecule has 1 heterocycles. The second-order valence-electron chi connectivity index (χ2n) is 3.13. The molecule has 0 aliphatic carbocycles. The van der Waals surface area contributed by atoms with Crippen molar-refractivity contribution in [1.29, 1.82) is 0 Å². The Kier molecular flexibility index (Phi) is 3.87. The molecule has 86 valence electrons. The summed E-state index contributed by atoms with van der Waals surface area (Å²) in [5.41, 5.74) is 0. The van der Waals surface area contributed by atoms with Gasteiger partial charge in [-0.1, -0.05) is 0 Å². The molecule has 0 aromatic rings. The summed E-state index contributed by atoms with van der Waals surface area (Å²) in [5.74, 6) is -2.49. The number of aliphatic hydroxyl groups is 5. The van der Waals surface area contributed by atoms with E-state index in [4.69, 9.17) is 9.84 Å². The normalized spacial score (nSPS) is 45.9. The molecule has 1 rings (SSSR count). The highest BCUT2D eigenvalue weighted by atomic mass is 32.1. The maximum absolute atomic E-state index is 9.58. The number of rotatable bonds is 2. The van der Waals surface area contributed by atoms with Crippen molar-refractivity contribution >= 4 is 17.4 Å². The quantitative estimate of drug-likeness (QED) is 0.260. The van der Waals surface area contributed by atoms with Crippen LogP contribution < -0.4 is 0 Å². The molecule has 0 spiro atoms. The predicted molar refractivity (Wildman–Crippen MR) is 50.0 cm³/mol. The van der Waals surface area contributed by atoms with Gasteiger partial charge in [-0.3, -0.25) is 0 Å². The number of ether oxygens (including phenoxy) is 1. The fraction of sp³-hybridized carbons (Fsp3) is 0.857. The van der Waals surface area contributed by atoms with Gasteiger partial charge in [0.15, 0.2) is 6.10 Å². The van der Waals surface area contributed by atoms with Gasteiger partial charge in [0.25, 0.3) is 0 Å². The first-order valence-corrected chi connectivity index (χ1v) is 4.51. The first-order chi connectivity index (χ1) is 6.96. The Balaban J connectivity index is 2.97. The Morgan fingerprint density at radius 2 is 1.93 bits per heavy atom. The number of isothiocyanates is 1. The van der Waals surface area contributed by atoms with Gasteiger partial charge in [-0.2, -0.15) is 4.99 Å². The minimum absolute atomic E-state index is 0.653. The van der Waals surface area contributed by atoms with Crippen molar-refractivity contribution in [3.63, 3.8) is 0 Å². The standard InChI is InChI=1S/C7H11NO6S/c9-1-3-4(10)5(11)6(12)7(13,14-3)8-2-15/h3-6,9-13H,1H2/t3-,4-,5+,6+,7-/m1/s1. The largest absolute Gasteiger partial charge is 0.394 e. The third-order valence-corrected chi connectivity index (χ3v) is 2.24. The van der Waals surface area contributed by atoms with Gasteiger partial charge in [-0.25, -0.2) is 0 Å². The van der Waals surface area contributed by atoms with Crippen molar-refractivity contribution in [2.75, 3.05) is 6.61 Å². The molecule has 1 saturated heterocycles. The SMILES string of the molecule is OC[C@H]1O[C@@](O)(N=C=S)[C@@H](O)[C@@H](O)[C@@H]1O. The molecule has 1 aliphatic rings. The fourth-order valence-electron chi connectivity index (χ4n) is 1.29. The lowest BCUT2D eigenvalue weighted by molar-refractivity contribution is -0.345. The first-order valence-electron chi connectivity index (χ1n) is 4.10. The first kappa shape index (κ1) is 12.6. The third kappa shape index (κ3) is 2.22. The van der Waals surface area contributed by atoms with Gasteiger partial charge < -0.3 is 30.3 Å². The van der Waals surface area contributed by atoms with Crippen LogP contribution in [0.25, 0.3) is 0 Å². The van der Waals surface area contributed by atoms with E-state index in [1.165, 1.54) is 0 Å². The molecule has 15 heavy (non-hydrogen) atoms. The van der Waals surface area contributed by atoms with Crippen molar-refractivity contribution < 1.29 is 30.3 Å². The molecule has 0 radical (unpaired) electrons. The second-order valence-corrected chi connectivity index (χ2v) is 3.31. The molecular weight excluding hydrogens is 226 g/mol. The van der Waals surface area contributed by atoms with E-state index < -0.39 is 36.9 Å². The molecule has 8 heteroatoms. The average Bonchev–Trinajstić information content (AvgIpc) is 2.21. The lowest BCUT2D eigenvalue weighted by Crippen LogP contribution is -2.64. The van der Waals surface area contributed by atoms with Crippen molar-refractivity contribution in [2.45, 2.75) is 30.3 Å². The van der Waals surface area contributed by atoms with Gasteiger partial charge >= 0.3 is 5.91 Å². The predicted octanol–water partition coefficient (Wildman–Crippen LogP) is -2.79. The molecule has 0 saturated carbocycles. The van der Waals surface area contributed by atoms with Crippen molar-refractivity contribution in [1.82, 2.24) is 0 Å². The maximum atomic E-state index is 9.58. The van der Waals surface area contributed by atoms with Crippen molar-refractivity contribution in [3.05, 3.63) is 0 Å². The molecule has 0 aromatic carbocycles. The highest BCUT2D eigenvalue weighted by molar-refractivity contribution is 7.78. The van der Waals surface area contributed by atoms with E-state index in [1.807, 2.05) is 0 Å². The Morgan fingerprint density at radius 3 is 2.40 bits per heavy atom. The number of thiocarbonyl (C=S) groups is 1. The molecule has 7 nitrogen and oxygen atoms in total. The summed E-state index contributed by atoms with van der Waals surface area (Å²) < 4.78 is 4.71. The van der Waals surface area contributed by atoms with E-state index in [0.29, 0.717) is 0 Å². The maximum Gasteiger partial charge on any atom is 0.305 e. The van der Waals surface area contributed by atoms with E-state index in [1.54, 1.807) is 5.16 Å². The van der Waals surface area contributed by atoms with E-state index in [2.05, 4.69) is 17.2 Å². The van der Waals surface area contributed by atoms with E-state index in [9.17, 15) is 20.4 Å².